The molecule has 2 saturated heterocycles. The van der Waals surface area contributed by atoms with Crippen LogP contribution in [0.2, 0.25) is 5.02 Å². The van der Waals surface area contributed by atoms with E-state index >= 15 is 0 Å². The van der Waals surface area contributed by atoms with Gasteiger partial charge in [-0.05, 0) is 24.3 Å². The van der Waals surface area contributed by atoms with Crippen LogP contribution in [0.3, 0.4) is 0 Å². The van der Waals surface area contributed by atoms with Gasteiger partial charge in [0.2, 0.25) is 0 Å². The highest BCUT2D eigenvalue weighted by Gasteiger charge is 2.49. The molecule has 0 radical (unpaired) electrons. The molecular weight excluding hydrogens is 360 g/mol. The highest BCUT2D eigenvalue weighted by molar-refractivity contribution is 8.16. The number of halogens is 1. The third kappa shape index (κ3) is 3.55. The lowest BCUT2D eigenvalue weighted by Gasteiger charge is -2.24. The monoisotopic (exact) mass is 374 g/mol. The number of rotatable bonds is 3. The van der Waals surface area contributed by atoms with Gasteiger partial charge in [-0.1, -0.05) is 23.4 Å². The molecule has 2 fully saturated rings. The molecule has 2 atom stereocenters. The minimum absolute atomic E-state index is 0.0603. The number of carbonyl (C=O) groups excluding carboxylic acids is 1. The van der Waals surface area contributed by atoms with E-state index in [0.717, 1.165) is 5.69 Å². The Labute approximate surface area is 143 Å². The molecule has 124 valence electrons. The van der Waals surface area contributed by atoms with Crippen molar-refractivity contribution in [3.8, 4) is 0 Å². The first-order chi connectivity index (χ1) is 10.9. The average Bonchev–Trinajstić information content (AvgIpc) is 2.91. The molecule has 1 aromatic rings. The fourth-order valence-electron chi connectivity index (χ4n) is 2.73. The Bertz CT molecular complexity index is 749. The normalized spacial score (nSPS) is 27.4. The van der Waals surface area contributed by atoms with Crippen molar-refractivity contribution in [2.75, 3.05) is 30.1 Å². The predicted octanol–water partition coefficient (Wildman–Crippen LogP) is 1.59. The SMILES string of the molecule is COCC(=O)N=C1SC2CS(=O)(=O)CC2N1c1ccc(Cl)cc1. The maximum atomic E-state index is 11.9. The summed E-state index contributed by atoms with van der Waals surface area (Å²) in [4.78, 5) is 17.7. The molecule has 2 aliphatic rings. The summed E-state index contributed by atoms with van der Waals surface area (Å²) in [5.74, 6) is -0.230. The zero-order valence-electron chi connectivity index (χ0n) is 12.3. The highest BCUT2D eigenvalue weighted by Crippen LogP contribution is 2.41. The van der Waals surface area contributed by atoms with E-state index in [9.17, 15) is 13.2 Å². The summed E-state index contributed by atoms with van der Waals surface area (Å²) >= 11 is 7.25. The molecule has 0 saturated carbocycles. The lowest BCUT2D eigenvalue weighted by Crippen LogP contribution is -2.37. The van der Waals surface area contributed by atoms with Crippen LogP contribution in [0.25, 0.3) is 0 Å². The van der Waals surface area contributed by atoms with Crippen molar-refractivity contribution < 1.29 is 17.9 Å². The summed E-state index contributed by atoms with van der Waals surface area (Å²) < 4.78 is 28.6. The highest BCUT2D eigenvalue weighted by atomic mass is 35.5. The number of fused-ring (bicyclic) bond motifs is 1. The summed E-state index contributed by atoms with van der Waals surface area (Å²) in [5.41, 5.74) is 0.774. The molecule has 1 aromatic carbocycles. The Balaban J connectivity index is 1.97. The van der Waals surface area contributed by atoms with Crippen LogP contribution in [0, 0.1) is 0 Å². The van der Waals surface area contributed by atoms with Gasteiger partial charge < -0.3 is 9.64 Å². The number of methoxy groups -OCH3 is 1. The molecule has 0 N–H and O–H groups in total. The Morgan fingerprint density at radius 1 is 1.39 bits per heavy atom. The van der Waals surface area contributed by atoms with Crippen LogP contribution >= 0.6 is 23.4 Å². The predicted molar refractivity (Wildman–Crippen MR) is 92.1 cm³/mol. The number of benzene rings is 1. The molecule has 6 nitrogen and oxygen atoms in total. The molecule has 0 spiro atoms. The van der Waals surface area contributed by atoms with E-state index in [4.69, 9.17) is 16.3 Å². The van der Waals surface area contributed by atoms with Gasteiger partial charge in [0.05, 0.1) is 17.5 Å². The number of aliphatic imine (C=N–C) groups is 1. The van der Waals surface area contributed by atoms with E-state index in [0.29, 0.717) is 10.2 Å². The van der Waals surface area contributed by atoms with E-state index in [2.05, 4.69) is 4.99 Å². The summed E-state index contributed by atoms with van der Waals surface area (Å²) in [7, 11) is -1.64. The van der Waals surface area contributed by atoms with Gasteiger partial charge in [-0.15, -0.1) is 0 Å². The van der Waals surface area contributed by atoms with Crippen LogP contribution in [0.1, 0.15) is 0 Å². The zero-order valence-corrected chi connectivity index (χ0v) is 14.7. The summed E-state index contributed by atoms with van der Waals surface area (Å²) in [5, 5.41) is 0.981. The van der Waals surface area contributed by atoms with Gasteiger partial charge in [0.15, 0.2) is 15.0 Å². The number of hydrogen-bond donors (Lipinski definition) is 0. The topological polar surface area (TPSA) is 76.0 Å². The lowest BCUT2D eigenvalue weighted by molar-refractivity contribution is -0.121. The second kappa shape index (κ2) is 6.43. The Kier molecular flexibility index (Phi) is 4.68. The van der Waals surface area contributed by atoms with E-state index in [1.54, 1.807) is 24.3 Å². The second-order valence-electron chi connectivity index (χ2n) is 5.37. The van der Waals surface area contributed by atoms with Crippen LogP contribution in [0.4, 0.5) is 5.69 Å². The number of hydrogen-bond acceptors (Lipinski definition) is 5. The van der Waals surface area contributed by atoms with E-state index in [1.807, 2.05) is 4.90 Å². The summed E-state index contributed by atoms with van der Waals surface area (Å²) in [6.45, 7) is -0.105. The number of thioether (sulfide) groups is 1. The minimum atomic E-state index is -3.07. The molecular formula is C14H15ClN2O4S2. The van der Waals surface area contributed by atoms with Crippen molar-refractivity contribution in [2.45, 2.75) is 11.3 Å². The summed E-state index contributed by atoms with van der Waals surface area (Å²) in [6.07, 6.45) is 0. The molecule has 9 heteroatoms. The first kappa shape index (κ1) is 16.8. The number of sulfone groups is 1. The fourth-order valence-corrected chi connectivity index (χ4v) is 6.79. The number of carbonyl (C=O) groups is 1. The molecule has 2 heterocycles. The van der Waals surface area contributed by atoms with Crippen LogP contribution in [-0.2, 0) is 19.4 Å². The molecule has 0 bridgehead atoms. The third-order valence-corrected chi connectivity index (χ3v) is 7.12. The minimum Gasteiger partial charge on any atom is -0.375 e. The van der Waals surface area contributed by atoms with Gasteiger partial charge in [0.1, 0.15) is 6.61 Å². The number of amidine groups is 1. The Hall–Kier alpha value is -1.09. The maximum Gasteiger partial charge on any atom is 0.274 e. The third-order valence-electron chi connectivity index (χ3n) is 3.66. The van der Waals surface area contributed by atoms with Crippen molar-refractivity contribution in [3.05, 3.63) is 29.3 Å². The standard InChI is InChI=1S/C14H15ClN2O4S2/c1-21-6-13(18)16-14-17(10-4-2-9(15)3-5-10)11-7-23(19,20)8-12(11)22-14/h2-5,11-12H,6-8H2,1H3. The molecule has 23 heavy (non-hydrogen) atoms. The van der Waals surface area contributed by atoms with Crippen LogP contribution in [0.5, 0.6) is 0 Å². The van der Waals surface area contributed by atoms with Crippen molar-refractivity contribution in [2.24, 2.45) is 4.99 Å². The molecule has 3 rings (SSSR count). The number of nitrogens with zero attached hydrogens (tertiary/aromatic N) is 2. The number of ether oxygens (including phenoxy) is 1. The first-order valence-corrected chi connectivity index (χ1v) is 10.00. The van der Waals surface area contributed by atoms with E-state index in [-0.39, 0.29) is 29.4 Å². The maximum absolute atomic E-state index is 11.9. The first-order valence-electron chi connectivity index (χ1n) is 6.92. The van der Waals surface area contributed by atoms with Gasteiger partial charge in [-0.2, -0.15) is 4.99 Å². The van der Waals surface area contributed by atoms with Gasteiger partial charge >= 0.3 is 0 Å². The molecule has 0 aromatic heterocycles. The van der Waals surface area contributed by atoms with Crippen LogP contribution in [0.15, 0.2) is 29.3 Å². The van der Waals surface area contributed by atoms with Crippen molar-refractivity contribution in [1.29, 1.82) is 0 Å². The smallest absolute Gasteiger partial charge is 0.274 e. The number of anilines is 1. The molecule has 0 aliphatic carbocycles. The van der Waals surface area contributed by atoms with Crippen LogP contribution in [-0.4, -0.2) is 56.0 Å². The largest absolute Gasteiger partial charge is 0.375 e. The lowest BCUT2D eigenvalue weighted by atomic mass is 10.2. The number of amides is 1. The van der Waals surface area contributed by atoms with Crippen molar-refractivity contribution >= 4 is 50.0 Å². The van der Waals surface area contributed by atoms with Crippen molar-refractivity contribution in [3.63, 3.8) is 0 Å². The summed E-state index contributed by atoms with van der Waals surface area (Å²) in [6, 6.07) is 6.83. The van der Waals surface area contributed by atoms with Crippen LogP contribution < -0.4 is 4.90 Å². The average molecular weight is 375 g/mol. The molecule has 2 aliphatic heterocycles. The second-order valence-corrected chi connectivity index (χ2v) is 9.16. The molecule has 2 unspecified atom stereocenters. The van der Waals surface area contributed by atoms with Gasteiger partial charge in [-0.25, -0.2) is 8.42 Å². The van der Waals surface area contributed by atoms with Gasteiger partial charge in [0.25, 0.3) is 5.91 Å². The van der Waals surface area contributed by atoms with Gasteiger partial charge in [-0.3, -0.25) is 4.79 Å². The molecule has 1 amide bonds. The van der Waals surface area contributed by atoms with Gasteiger partial charge in [0, 0.05) is 23.1 Å². The Morgan fingerprint density at radius 2 is 2.09 bits per heavy atom. The van der Waals surface area contributed by atoms with E-state index < -0.39 is 15.7 Å². The fraction of sp³-hybridized carbons (Fsp3) is 0.429. The zero-order chi connectivity index (χ0) is 16.6. The Morgan fingerprint density at radius 3 is 2.74 bits per heavy atom. The van der Waals surface area contributed by atoms with E-state index in [1.165, 1.54) is 18.9 Å². The quantitative estimate of drug-likeness (QED) is 0.799. The van der Waals surface area contributed by atoms with Crippen molar-refractivity contribution in [1.82, 2.24) is 0 Å².